The van der Waals surface area contributed by atoms with Crippen molar-refractivity contribution in [2.75, 3.05) is 39.6 Å². The molecule has 0 radical (unpaired) electrons. The van der Waals surface area contributed by atoms with Crippen LogP contribution in [0.25, 0.3) is 0 Å². The fraction of sp³-hybridized carbons (Fsp3) is 0.941. The third-order valence-electron chi connectivity index (χ3n) is 2.91. The zero-order chi connectivity index (χ0) is 17.4. The molecule has 0 aromatic rings. The normalized spacial score (nSPS) is 11.5. The van der Waals surface area contributed by atoms with Gasteiger partial charge in [0.1, 0.15) is 5.60 Å². The van der Waals surface area contributed by atoms with E-state index in [2.05, 4.69) is 5.32 Å². The Bertz CT molecular complexity index is 279. The lowest BCUT2D eigenvalue weighted by Gasteiger charge is -2.19. The standard InChI is InChI=1S/C17H35NO5/c1-17(2,3)23-16(20)18-10-4-6-12-21-14-8-9-15-22-13-7-5-11-19/h19H,4-15H2,1-3H3,(H,18,20). The van der Waals surface area contributed by atoms with Crippen LogP contribution < -0.4 is 5.32 Å². The number of alkyl carbamates (subject to hydrolysis) is 1. The van der Waals surface area contributed by atoms with Crippen LogP contribution in [0.15, 0.2) is 0 Å². The van der Waals surface area contributed by atoms with Crippen LogP contribution in [-0.4, -0.2) is 56.4 Å². The summed E-state index contributed by atoms with van der Waals surface area (Å²) in [5.74, 6) is 0. The first-order chi connectivity index (χ1) is 11.0. The number of ether oxygens (including phenoxy) is 3. The fourth-order valence-corrected chi connectivity index (χ4v) is 1.76. The van der Waals surface area contributed by atoms with E-state index in [0.29, 0.717) is 13.2 Å². The molecule has 0 rings (SSSR count). The maximum atomic E-state index is 11.4. The lowest BCUT2D eigenvalue weighted by molar-refractivity contribution is 0.0524. The van der Waals surface area contributed by atoms with Crippen LogP contribution in [-0.2, 0) is 14.2 Å². The van der Waals surface area contributed by atoms with Gasteiger partial charge in [0.05, 0.1) is 0 Å². The van der Waals surface area contributed by atoms with Gasteiger partial charge in [-0.1, -0.05) is 0 Å². The van der Waals surface area contributed by atoms with E-state index in [1.807, 2.05) is 20.8 Å². The minimum absolute atomic E-state index is 0.241. The predicted molar refractivity (Wildman–Crippen MR) is 90.7 cm³/mol. The third kappa shape index (κ3) is 19.1. The number of hydrogen-bond acceptors (Lipinski definition) is 5. The number of unbranched alkanes of at least 4 members (excludes halogenated alkanes) is 3. The Morgan fingerprint density at radius 2 is 1.35 bits per heavy atom. The topological polar surface area (TPSA) is 77.0 Å². The average Bonchev–Trinajstić information content (AvgIpc) is 2.46. The van der Waals surface area contributed by atoms with Gasteiger partial charge in [-0.2, -0.15) is 0 Å². The molecule has 0 aromatic heterocycles. The van der Waals surface area contributed by atoms with Crippen molar-refractivity contribution in [3.05, 3.63) is 0 Å². The summed E-state index contributed by atoms with van der Waals surface area (Å²) in [7, 11) is 0. The molecule has 0 aromatic carbocycles. The van der Waals surface area contributed by atoms with E-state index in [9.17, 15) is 4.79 Å². The number of aliphatic hydroxyl groups excluding tert-OH is 1. The minimum Gasteiger partial charge on any atom is -0.444 e. The van der Waals surface area contributed by atoms with Gasteiger partial charge >= 0.3 is 6.09 Å². The highest BCUT2D eigenvalue weighted by Crippen LogP contribution is 2.06. The first-order valence-electron chi connectivity index (χ1n) is 8.69. The number of carbonyl (C=O) groups excluding carboxylic acids is 1. The largest absolute Gasteiger partial charge is 0.444 e. The summed E-state index contributed by atoms with van der Waals surface area (Å²) < 4.78 is 16.1. The number of nitrogens with one attached hydrogen (secondary N) is 1. The first kappa shape index (κ1) is 22.1. The van der Waals surface area contributed by atoms with Gasteiger partial charge < -0.3 is 24.6 Å². The van der Waals surface area contributed by atoms with Gasteiger partial charge in [0.15, 0.2) is 0 Å². The van der Waals surface area contributed by atoms with Crippen LogP contribution in [0.2, 0.25) is 0 Å². The molecule has 6 nitrogen and oxygen atoms in total. The predicted octanol–water partition coefficient (Wildman–Crippen LogP) is 2.88. The van der Waals surface area contributed by atoms with Crippen molar-refractivity contribution >= 4 is 6.09 Å². The zero-order valence-electron chi connectivity index (χ0n) is 15.1. The molecular formula is C17H35NO5. The second-order valence-electron chi connectivity index (χ2n) is 6.50. The Hall–Kier alpha value is -0.850. The van der Waals surface area contributed by atoms with Gasteiger partial charge in [0.25, 0.3) is 0 Å². The van der Waals surface area contributed by atoms with Crippen LogP contribution in [0.3, 0.4) is 0 Å². The number of rotatable bonds is 14. The number of hydrogen-bond donors (Lipinski definition) is 2. The molecule has 138 valence electrons. The first-order valence-corrected chi connectivity index (χ1v) is 8.69. The van der Waals surface area contributed by atoms with Gasteiger partial charge in [-0.15, -0.1) is 0 Å². The monoisotopic (exact) mass is 333 g/mol. The molecule has 0 aliphatic carbocycles. The zero-order valence-corrected chi connectivity index (χ0v) is 15.1. The van der Waals surface area contributed by atoms with Crippen LogP contribution in [0.4, 0.5) is 4.79 Å². The van der Waals surface area contributed by atoms with Crippen molar-refractivity contribution in [2.24, 2.45) is 0 Å². The quantitative estimate of drug-likeness (QED) is 0.478. The van der Waals surface area contributed by atoms with Crippen molar-refractivity contribution < 1.29 is 24.1 Å². The Morgan fingerprint density at radius 3 is 1.83 bits per heavy atom. The fourth-order valence-electron chi connectivity index (χ4n) is 1.76. The smallest absolute Gasteiger partial charge is 0.407 e. The van der Waals surface area contributed by atoms with Crippen molar-refractivity contribution in [2.45, 2.75) is 64.9 Å². The molecule has 0 aliphatic heterocycles. The highest BCUT2D eigenvalue weighted by molar-refractivity contribution is 5.67. The summed E-state index contributed by atoms with van der Waals surface area (Å²) in [5.41, 5.74) is -0.449. The highest BCUT2D eigenvalue weighted by atomic mass is 16.6. The van der Waals surface area contributed by atoms with Crippen LogP contribution >= 0.6 is 0 Å². The van der Waals surface area contributed by atoms with Crippen molar-refractivity contribution in [3.8, 4) is 0 Å². The lowest BCUT2D eigenvalue weighted by Crippen LogP contribution is -2.33. The number of amides is 1. The lowest BCUT2D eigenvalue weighted by atomic mass is 10.2. The van der Waals surface area contributed by atoms with Crippen LogP contribution in [0, 0.1) is 0 Å². The molecule has 1 amide bonds. The van der Waals surface area contributed by atoms with Crippen molar-refractivity contribution in [3.63, 3.8) is 0 Å². The maximum absolute atomic E-state index is 11.4. The molecule has 23 heavy (non-hydrogen) atoms. The Balaban J connectivity index is 3.15. The molecule has 0 spiro atoms. The molecule has 6 heteroatoms. The summed E-state index contributed by atoms with van der Waals surface area (Å²) in [6.45, 7) is 9.35. The summed E-state index contributed by atoms with van der Waals surface area (Å²) in [5, 5.41) is 11.3. The molecule has 0 saturated carbocycles. The SMILES string of the molecule is CC(C)(C)OC(=O)NCCCCOCCCCOCCCCO. The van der Waals surface area contributed by atoms with E-state index >= 15 is 0 Å². The average molecular weight is 333 g/mol. The van der Waals surface area contributed by atoms with Crippen LogP contribution in [0.5, 0.6) is 0 Å². The molecule has 0 bridgehead atoms. The molecule has 2 N–H and O–H groups in total. The number of carbonyl (C=O) groups is 1. The van der Waals surface area contributed by atoms with Gasteiger partial charge in [-0.3, -0.25) is 0 Å². The summed E-state index contributed by atoms with van der Waals surface area (Å²) in [6, 6.07) is 0. The Kier molecular flexibility index (Phi) is 14.2. The number of aliphatic hydroxyl groups is 1. The van der Waals surface area contributed by atoms with Gasteiger partial charge in [0.2, 0.25) is 0 Å². The van der Waals surface area contributed by atoms with Crippen molar-refractivity contribution in [1.29, 1.82) is 0 Å². The Labute approximate surface area is 140 Å². The minimum atomic E-state index is -0.449. The van der Waals surface area contributed by atoms with E-state index in [-0.39, 0.29) is 12.7 Å². The van der Waals surface area contributed by atoms with E-state index < -0.39 is 5.60 Å². The molecule has 0 aliphatic rings. The van der Waals surface area contributed by atoms with E-state index in [1.165, 1.54) is 0 Å². The van der Waals surface area contributed by atoms with E-state index in [0.717, 1.165) is 58.3 Å². The molecule has 0 heterocycles. The van der Waals surface area contributed by atoms with E-state index in [1.54, 1.807) is 0 Å². The second kappa shape index (κ2) is 14.7. The molecule has 0 atom stereocenters. The highest BCUT2D eigenvalue weighted by Gasteiger charge is 2.15. The Morgan fingerprint density at radius 1 is 0.870 bits per heavy atom. The van der Waals surface area contributed by atoms with Crippen molar-refractivity contribution in [1.82, 2.24) is 5.32 Å². The van der Waals surface area contributed by atoms with Gasteiger partial charge in [-0.25, -0.2) is 4.79 Å². The third-order valence-corrected chi connectivity index (χ3v) is 2.91. The summed E-state index contributed by atoms with van der Waals surface area (Å²) >= 11 is 0. The maximum Gasteiger partial charge on any atom is 0.407 e. The molecule has 0 fully saturated rings. The second-order valence-corrected chi connectivity index (χ2v) is 6.50. The molecule has 0 unspecified atom stereocenters. The summed E-state index contributed by atoms with van der Waals surface area (Å²) in [6.07, 6.45) is 5.17. The van der Waals surface area contributed by atoms with Crippen LogP contribution in [0.1, 0.15) is 59.3 Å². The van der Waals surface area contributed by atoms with Gasteiger partial charge in [0, 0.05) is 39.6 Å². The van der Waals surface area contributed by atoms with E-state index in [4.69, 9.17) is 19.3 Å². The van der Waals surface area contributed by atoms with Gasteiger partial charge in [-0.05, 0) is 59.3 Å². The molecule has 0 saturated heterocycles. The summed E-state index contributed by atoms with van der Waals surface area (Å²) in [4.78, 5) is 11.4. The molecular weight excluding hydrogens is 298 g/mol.